The summed E-state index contributed by atoms with van der Waals surface area (Å²) in [7, 11) is 1.38. The molecule has 8 heteroatoms. The maximum absolute atomic E-state index is 14.1. The first kappa shape index (κ1) is 19.1. The van der Waals surface area contributed by atoms with E-state index in [4.69, 9.17) is 10.5 Å². The molecule has 0 aliphatic carbocycles. The second kappa shape index (κ2) is 7.64. The van der Waals surface area contributed by atoms with Crippen LogP contribution in [0.4, 0.5) is 14.6 Å². The highest BCUT2D eigenvalue weighted by molar-refractivity contribution is 5.79. The lowest BCUT2D eigenvalue weighted by Gasteiger charge is -2.10. The maximum Gasteiger partial charge on any atom is 0.165 e. The van der Waals surface area contributed by atoms with Crippen LogP contribution < -0.4 is 10.5 Å². The standard InChI is InChI=1S/C22H15F2N5O/c1-30-21-7-6-13(8-18(21)24)19-9-15(16(10-25)22(26)28-19)14-11-27-29(12-14)20-5-3-2-4-17(20)23/h2-9,11-12H,1H3,(H2,26,28). The van der Waals surface area contributed by atoms with Gasteiger partial charge in [-0.2, -0.15) is 10.4 Å². The van der Waals surface area contributed by atoms with Gasteiger partial charge in [0.25, 0.3) is 0 Å². The summed E-state index contributed by atoms with van der Waals surface area (Å²) in [5.41, 5.74) is 8.26. The monoisotopic (exact) mass is 403 g/mol. The van der Waals surface area contributed by atoms with Crippen LogP contribution in [-0.4, -0.2) is 21.9 Å². The Morgan fingerprint density at radius 2 is 1.87 bits per heavy atom. The number of para-hydroxylation sites is 1. The molecule has 0 radical (unpaired) electrons. The molecule has 6 nitrogen and oxygen atoms in total. The van der Waals surface area contributed by atoms with Crippen LogP contribution in [-0.2, 0) is 0 Å². The lowest BCUT2D eigenvalue weighted by Crippen LogP contribution is -2.00. The molecule has 0 aliphatic rings. The molecule has 2 aromatic carbocycles. The molecule has 148 valence electrons. The molecule has 0 amide bonds. The molecule has 0 spiro atoms. The lowest BCUT2D eigenvalue weighted by molar-refractivity contribution is 0.386. The molecule has 0 aliphatic heterocycles. The second-order valence-electron chi connectivity index (χ2n) is 6.40. The molecular weight excluding hydrogens is 388 g/mol. The van der Waals surface area contributed by atoms with Crippen molar-refractivity contribution in [3.63, 3.8) is 0 Å². The van der Waals surface area contributed by atoms with Crippen molar-refractivity contribution >= 4 is 5.82 Å². The van der Waals surface area contributed by atoms with E-state index in [-0.39, 0.29) is 22.8 Å². The number of nitrogens with two attached hydrogens (primary N) is 1. The van der Waals surface area contributed by atoms with E-state index in [2.05, 4.69) is 10.1 Å². The first-order valence-corrected chi connectivity index (χ1v) is 8.86. The van der Waals surface area contributed by atoms with E-state index in [0.29, 0.717) is 22.4 Å². The van der Waals surface area contributed by atoms with Crippen LogP contribution in [0.25, 0.3) is 28.1 Å². The summed E-state index contributed by atoms with van der Waals surface area (Å²) in [6, 6.07) is 14.3. The molecule has 0 saturated heterocycles. The third-order valence-corrected chi connectivity index (χ3v) is 4.60. The van der Waals surface area contributed by atoms with Crippen molar-refractivity contribution in [1.29, 1.82) is 5.26 Å². The van der Waals surface area contributed by atoms with E-state index >= 15 is 0 Å². The van der Waals surface area contributed by atoms with E-state index < -0.39 is 11.6 Å². The van der Waals surface area contributed by atoms with Crippen molar-refractivity contribution in [3.05, 3.63) is 78.1 Å². The number of hydrogen-bond donors (Lipinski definition) is 1. The zero-order chi connectivity index (χ0) is 21.3. The molecule has 0 fully saturated rings. The van der Waals surface area contributed by atoms with Crippen molar-refractivity contribution in [1.82, 2.24) is 14.8 Å². The summed E-state index contributed by atoms with van der Waals surface area (Å²) >= 11 is 0. The van der Waals surface area contributed by atoms with Crippen molar-refractivity contribution < 1.29 is 13.5 Å². The Balaban J connectivity index is 1.84. The predicted molar refractivity (Wildman–Crippen MR) is 108 cm³/mol. The summed E-state index contributed by atoms with van der Waals surface area (Å²) in [5, 5.41) is 13.8. The fraction of sp³-hybridized carbons (Fsp3) is 0.0455. The summed E-state index contributed by atoms with van der Waals surface area (Å²) in [6.45, 7) is 0. The summed E-state index contributed by atoms with van der Waals surface area (Å²) in [6.07, 6.45) is 3.09. The van der Waals surface area contributed by atoms with Crippen LogP contribution in [0.5, 0.6) is 5.75 Å². The van der Waals surface area contributed by atoms with E-state index in [0.717, 1.165) is 0 Å². The Labute approximate surface area is 170 Å². The first-order chi connectivity index (χ1) is 14.5. The molecule has 2 heterocycles. The number of nitrogen functional groups attached to an aromatic ring is 1. The number of pyridine rings is 1. The van der Waals surface area contributed by atoms with Gasteiger partial charge in [-0.1, -0.05) is 12.1 Å². The highest BCUT2D eigenvalue weighted by Gasteiger charge is 2.17. The normalized spacial score (nSPS) is 10.6. The number of rotatable bonds is 4. The van der Waals surface area contributed by atoms with Crippen LogP contribution in [0.3, 0.4) is 0 Å². The quantitative estimate of drug-likeness (QED) is 0.547. The van der Waals surface area contributed by atoms with Gasteiger partial charge in [0, 0.05) is 22.9 Å². The Morgan fingerprint density at radius 1 is 1.07 bits per heavy atom. The largest absolute Gasteiger partial charge is 0.494 e. The minimum Gasteiger partial charge on any atom is -0.494 e. The Hall–Kier alpha value is -4.25. The minimum atomic E-state index is -0.548. The molecule has 0 atom stereocenters. The maximum atomic E-state index is 14.1. The number of methoxy groups -OCH3 is 1. The van der Waals surface area contributed by atoms with Gasteiger partial charge in [-0.3, -0.25) is 0 Å². The summed E-state index contributed by atoms with van der Waals surface area (Å²) < 4.78 is 34.6. The average molecular weight is 403 g/mol. The van der Waals surface area contributed by atoms with Crippen LogP contribution in [0.1, 0.15) is 5.56 Å². The second-order valence-corrected chi connectivity index (χ2v) is 6.40. The topological polar surface area (TPSA) is 89.8 Å². The summed E-state index contributed by atoms with van der Waals surface area (Å²) in [4.78, 5) is 4.24. The van der Waals surface area contributed by atoms with Crippen molar-refractivity contribution in [2.24, 2.45) is 0 Å². The fourth-order valence-electron chi connectivity index (χ4n) is 3.11. The molecule has 0 unspecified atom stereocenters. The predicted octanol–water partition coefficient (Wildman–Crippen LogP) is 4.34. The van der Waals surface area contributed by atoms with Crippen LogP contribution in [0.15, 0.2) is 60.9 Å². The molecule has 0 bridgehead atoms. The number of nitrogens with zero attached hydrogens (tertiary/aromatic N) is 4. The van der Waals surface area contributed by atoms with Gasteiger partial charge in [0.1, 0.15) is 29.0 Å². The molecule has 0 saturated carbocycles. The number of aromatic nitrogens is 3. The number of hydrogen-bond acceptors (Lipinski definition) is 5. The van der Waals surface area contributed by atoms with Gasteiger partial charge in [-0.15, -0.1) is 0 Å². The zero-order valence-electron chi connectivity index (χ0n) is 15.8. The molecule has 4 aromatic rings. The average Bonchev–Trinajstić information content (AvgIpc) is 3.23. The van der Waals surface area contributed by atoms with Gasteiger partial charge in [-0.05, 0) is 36.4 Å². The first-order valence-electron chi connectivity index (χ1n) is 8.86. The molecule has 2 N–H and O–H groups in total. The fourth-order valence-corrected chi connectivity index (χ4v) is 3.11. The molecule has 30 heavy (non-hydrogen) atoms. The number of halogens is 2. The SMILES string of the molecule is COc1ccc(-c2cc(-c3cnn(-c4ccccc4F)c3)c(C#N)c(N)n2)cc1F. The third-order valence-electron chi connectivity index (χ3n) is 4.60. The molecular formula is C22H15F2N5O. The number of nitriles is 1. The van der Waals surface area contributed by atoms with E-state index in [1.807, 2.05) is 6.07 Å². The van der Waals surface area contributed by atoms with Gasteiger partial charge >= 0.3 is 0 Å². The highest BCUT2D eigenvalue weighted by atomic mass is 19.1. The van der Waals surface area contributed by atoms with Crippen LogP contribution in [0.2, 0.25) is 0 Å². The highest BCUT2D eigenvalue weighted by Crippen LogP contribution is 2.32. The molecule has 2 aromatic heterocycles. The number of anilines is 1. The Bertz CT molecular complexity index is 1290. The zero-order valence-corrected chi connectivity index (χ0v) is 15.8. The van der Waals surface area contributed by atoms with Gasteiger partial charge < -0.3 is 10.5 Å². The number of ether oxygens (including phenoxy) is 1. The third kappa shape index (κ3) is 3.33. The van der Waals surface area contributed by atoms with E-state index in [1.54, 1.807) is 36.5 Å². The summed E-state index contributed by atoms with van der Waals surface area (Å²) in [5.74, 6) is -0.878. The smallest absolute Gasteiger partial charge is 0.165 e. The van der Waals surface area contributed by atoms with E-state index in [9.17, 15) is 14.0 Å². The van der Waals surface area contributed by atoms with Crippen molar-refractivity contribution in [2.75, 3.05) is 12.8 Å². The number of benzene rings is 2. The Morgan fingerprint density at radius 3 is 2.57 bits per heavy atom. The van der Waals surface area contributed by atoms with E-state index in [1.165, 1.54) is 36.2 Å². The van der Waals surface area contributed by atoms with Crippen molar-refractivity contribution in [3.8, 4) is 39.9 Å². The van der Waals surface area contributed by atoms with Gasteiger partial charge in [0.05, 0.1) is 19.0 Å². The van der Waals surface area contributed by atoms with Crippen molar-refractivity contribution in [2.45, 2.75) is 0 Å². The lowest BCUT2D eigenvalue weighted by atomic mass is 10.0. The Kier molecular flexibility index (Phi) is 4.86. The molecule has 4 rings (SSSR count). The van der Waals surface area contributed by atoms with Gasteiger partial charge in [0.2, 0.25) is 0 Å². The van der Waals surface area contributed by atoms with Crippen LogP contribution >= 0.6 is 0 Å². The van der Waals surface area contributed by atoms with Gasteiger partial charge in [0.15, 0.2) is 11.6 Å². The van der Waals surface area contributed by atoms with Crippen LogP contribution in [0, 0.1) is 23.0 Å². The van der Waals surface area contributed by atoms with Gasteiger partial charge in [-0.25, -0.2) is 18.4 Å². The minimum absolute atomic E-state index is 0.000122.